The van der Waals surface area contributed by atoms with Gasteiger partial charge in [0.2, 0.25) is 0 Å². The Morgan fingerprint density at radius 2 is 2.44 bits per heavy atom. The molecule has 2 heterocycles. The van der Waals surface area contributed by atoms with Crippen LogP contribution in [-0.2, 0) is 11.3 Å². The summed E-state index contributed by atoms with van der Waals surface area (Å²) in [7, 11) is 0. The van der Waals surface area contributed by atoms with Gasteiger partial charge in [-0.2, -0.15) is 0 Å². The summed E-state index contributed by atoms with van der Waals surface area (Å²) in [5.74, 6) is 1.09. The zero-order valence-corrected chi connectivity index (χ0v) is 10.2. The van der Waals surface area contributed by atoms with Crippen molar-refractivity contribution in [3.63, 3.8) is 0 Å². The fourth-order valence-corrected chi connectivity index (χ4v) is 2.26. The molecule has 0 saturated carbocycles. The van der Waals surface area contributed by atoms with Gasteiger partial charge in [-0.25, -0.2) is 4.98 Å². The number of nitrogens with zero attached hydrogens (tertiary/aromatic N) is 3. The van der Waals surface area contributed by atoms with Crippen molar-refractivity contribution in [3.8, 4) is 0 Å². The molecule has 1 aliphatic rings. The maximum absolute atomic E-state index is 5.57. The summed E-state index contributed by atoms with van der Waals surface area (Å²) in [5, 5.41) is 0. The first kappa shape index (κ1) is 11.6. The molecule has 4 nitrogen and oxygen atoms in total. The number of imidazole rings is 1. The average Bonchev–Trinajstić information content (AvgIpc) is 2.68. The van der Waals surface area contributed by atoms with Crippen molar-refractivity contribution in [2.24, 2.45) is 0 Å². The Labute approximate surface area is 97.2 Å². The van der Waals surface area contributed by atoms with E-state index < -0.39 is 0 Å². The van der Waals surface area contributed by atoms with Crippen LogP contribution < -0.4 is 0 Å². The third-order valence-electron chi connectivity index (χ3n) is 3.19. The van der Waals surface area contributed by atoms with Crippen LogP contribution in [0.25, 0.3) is 0 Å². The van der Waals surface area contributed by atoms with Crippen LogP contribution in [0.3, 0.4) is 0 Å². The maximum Gasteiger partial charge on any atom is 0.105 e. The van der Waals surface area contributed by atoms with Crippen molar-refractivity contribution < 1.29 is 4.74 Å². The number of morpholine rings is 1. The first-order valence-electron chi connectivity index (χ1n) is 6.10. The zero-order chi connectivity index (χ0) is 11.4. The Morgan fingerprint density at radius 3 is 3.12 bits per heavy atom. The van der Waals surface area contributed by atoms with Crippen LogP contribution in [0.2, 0.25) is 0 Å². The number of aryl methyl sites for hydroxylation is 1. The molecule has 0 N–H and O–H groups in total. The van der Waals surface area contributed by atoms with E-state index in [2.05, 4.69) is 21.4 Å². The van der Waals surface area contributed by atoms with Gasteiger partial charge in [0.1, 0.15) is 5.82 Å². The lowest BCUT2D eigenvalue weighted by Gasteiger charge is -2.35. The topological polar surface area (TPSA) is 30.3 Å². The van der Waals surface area contributed by atoms with Crippen LogP contribution >= 0.6 is 0 Å². The minimum atomic E-state index is 0.501. The Bertz CT molecular complexity index is 322. The van der Waals surface area contributed by atoms with Gasteiger partial charge in [-0.3, -0.25) is 4.90 Å². The van der Waals surface area contributed by atoms with E-state index in [0.717, 1.165) is 32.1 Å². The van der Waals surface area contributed by atoms with Gasteiger partial charge in [0.05, 0.1) is 19.3 Å². The summed E-state index contributed by atoms with van der Waals surface area (Å²) in [4.78, 5) is 6.79. The lowest BCUT2D eigenvalue weighted by molar-refractivity contribution is -0.0134. The molecule has 1 fully saturated rings. The van der Waals surface area contributed by atoms with Crippen molar-refractivity contribution >= 4 is 0 Å². The molecule has 1 aromatic rings. The molecule has 0 amide bonds. The molecule has 0 radical (unpaired) electrons. The SMILES string of the molecule is CCCN1CCOCC1Cn1ccnc1C. The van der Waals surface area contributed by atoms with Gasteiger partial charge < -0.3 is 9.30 Å². The Kier molecular flexibility index (Phi) is 3.96. The fraction of sp³-hybridized carbons (Fsp3) is 0.750. The predicted octanol–water partition coefficient (Wildman–Crippen LogP) is 1.30. The average molecular weight is 223 g/mol. The molecule has 2 rings (SSSR count). The third kappa shape index (κ3) is 2.62. The van der Waals surface area contributed by atoms with Crippen molar-refractivity contribution in [3.05, 3.63) is 18.2 Å². The molecule has 1 unspecified atom stereocenters. The first-order valence-corrected chi connectivity index (χ1v) is 6.10. The highest BCUT2D eigenvalue weighted by Gasteiger charge is 2.22. The standard InChI is InChI=1S/C12H21N3O/c1-3-5-14-7-8-16-10-12(14)9-15-6-4-13-11(15)2/h4,6,12H,3,5,7-10H2,1-2H3. The highest BCUT2D eigenvalue weighted by atomic mass is 16.5. The van der Waals surface area contributed by atoms with Gasteiger partial charge in [0.15, 0.2) is 0 Å². The normalized spacial score (nSPS) is 22.5. The summed E-state index contributed by atoms with van der Waals surface area (Å²) in [6, 6.07) is 0.501. The minimum absolute atomic E-state index is 0.501. The summed E-state index contributed by atoms with van der Waals surface area (Å²) in [5.41, 5.74) is 0. The van der Waals surface area contributed by atoms with E-state index in [0.29, 0.717) is 6.04 Å². The van der Waals surface area contributed by atoms with Crippen molar-refractivity contribution in [2.45, 2.75) is 32.9 Å². The molecular formula is C12H21N3O. The van der Waals surface area contributed by atoms with Gasteiger partial charge in [-0.1, -0.05) is 6.92 Å². The highest BCUT2D eigenvalue weighted by Crippen LogP contribution is 2.10. The zero-order valence-electron chi connectivity index (χ0n) is 10.2. The van der Waals surface area contributed by atoms with Crippen LogP contribution in [-0.4, -0.2) is 46.8 Å². The van der Waals surface area contributed by atoms with Crippen molar-refractivity contribution in [1.29, 1.82) is 0 Å². The molecule has 16 heavy (non-hydrogen) atoms. The largest absolute Gasteiger partial charge is 0.378 e. The van der Waals surface area contributed by atoms with E-state index in [1.165, 1.54) is 13.0 Å². The first-order chi connectivity index (χ1) is 7.81. The molecule has 1 aromatic heterocycles. The number of aromatic nitrogens is 2. The Balaban J connectivity index is 1.98. The maximum atomic E-state index is 5.57. The number of hydrogen-bond donors (Lipinski definition) is 0. The molecule has 0 aliphatic carbocycles. The molecule has 0 aromatic carbocycles. The van der Waals surface area contributed by atoms with Crippen LogP contribution in [0.5, 0.6) is 0 Å². The molecule has 0 spiro atoms. The number of ether oxygens (including phenoxy) is 1. The minimum Gasteiger partial charge on any atom is -0.378 e. The van der Waals surface area contributed by atoms with E-state index in [4.69, 9.17) is 4.74 Å². The summed E-state index contributed by atoms with van der Waals surface area (Å²) in [6.07, 6.45) is 5.12. The van der Waals surface area contributed by atoms with Gasteiger partial charge in [0, 0.05) is 25.5 Å². The predicted molar refractivity (Wildman–Crippen MR) is 63.4 cm³/mol. The van der Waals surface area contributed by atoms with Gasteiger partial charge >= 0.3 is 0 Å². The monoisotopic (exact) mass is 223 g/mol. The molecule has 90 valence electrons. The lowest BCUT2D eigenvalue weighted by Crippen LogP contribution is -2.47. The van der Waals surface area contributed by atoms with Gasteiger partial charge in [-0.15, -0.1) is 0 Å². The Hall–Kier alpha value is -0.870. The van der Waals surface area contributed by atoms with E-state index in [-0.39, 0.29) is 0 Å². The van der Waals surface area contributed by atoms with Crippen LogP contribution in [0.1, 0.15) is 19.2 Å². The molecule has 1 atom stereocenters. The smallest absolute Gasteiger partial charge is 0.105 e. The number of rotatable bonds is 4. The van der Waals surface area contributed by atoms with E-state index >= 15 is 0 Å². The molecule has 0 bridgehead atoms. The van der Waals surface area contributed by atoms with E-state index in [9.17, 15) is 0 Å². The van der Waals surface area contributed by atoms with E-state index in [1.807, 2.05) is 19.3 Å². The van der Waals surface area contributed by atoms with Crippen LogP contribution in [0.4, 0.5) is 0 Å². The third-order valence-corrected chi connectivity index (χ3v) is 3.19. The summed E-state index contributed by atoms with van der Waals surface area (Å²) >= 11 is 0. The second kappa shape index (κ2) is 5.46. The Morgan fingerprint density at radius 1 is 1.56 bits per heavy atom. The van der Waals surface area contributed by atoms with Crippen LogP contribution in [0, 0.1) is 6.92 Å². The summed E-state index contributed by atoms with van der Waals surface area (Å²) < 4.78 is 7.78. The molecule has 1 aliphatic heterocycles. The van der Waals surface area contributed by atoms with E-state index in [1.54, 1.807) is 0 Å². The molecular weight excluding hydrogens is 202 g/mol. The quantitative estimate of drug-likeness (QED) is 0.771. The second-order valence-electron chi connectivity index (χ2n) is 4.39. The lowest BCUT2D eigenvalue weighted by atomic mass is 10.2. The second-order valence-corrected chi connectivity index (χ2v) is 4.39. The number of hydrogen-bond acceptors (Lipinski definition) is 3. The van der Waals surface area contributed by atoms with Crippen LogP contribution in [0.15, 0.2) is 12.4 Å². The van der Waals surface area contributed by atoms with Gasteiger partial charge in [-0.05, 0) is 19.9 Å². The summed E-state index contributed by atoms with van der Waals surface area (Å²) in [6.45, 7) is 9.22. The van der Waals surface area contributed by atoms with Gasteiger partial charge in [0.25, 0.3) is 0 Å². The molecule has 1 saturated heterocycles. The highest BCUT2D eigenvalue weighted by molar-refractivity contribution is 4.90. The molecule has 4 heteroatoms. The van der Waals surface area contributed by atoms with Crippen molar-refractivity contribution in [2.75, 3.05) is 26.3 Å². The van der Waals surface area contributed by atoms with Crippen molar-refractivity contribution in [1.82, 2.24) is 14.5 Å². The fourth-order valence-electron chi connectivity index (χ4n) is 2.26.